The van der Waals surface area contributed by atoms with E-state index < -0.39 is 0 Å². The van der Waals surface area contributed by atoms with E-state index in [4.69, 9.17) is 4.98 Å². The second kappa shape index (κ2) is 10.2. The molecule has 5 heteroatoms. The first-order valence-electron chi connectivity index (χ1n) is 16.6. The third-order valence-corrected chi connectivity index (χ3v) is 10.2. The summed E-state index contributed by atoms with van der Waals surface area (Å²) in [6.45, 7) is 0.843. The lowest BCUT2D eigenvalue weighted by Crippen LogP contribution is -2.21. The number of aromatic nitrogens is 3. The molecule has 2 aromatic heterocycles. The first-order valence-corrected chi connectivity index (χ1v) is 16.6. The fourth-order valence-corrected chi connectivity index (χ4v) is 7.86. The SMILES string of the molecule is CN1C=CN(c2cccc(-n3c4ccccc4c4ccc(-c5nc6cc(-c7ccc8c(c7)Cc7ccccc7-8)ccc6n5C)cc43)c2)C1. The Morgan fingerprint density at radius 1 is 0.542 bits per heavy atom. The van der Waals surface area contributed by atoms with Crippen molar-refractivity contribution in [1.29, 1.82) is 0 Å². The molecule has 48 heavy (non-hydrogen) atoms. The molecule has 0 unspecified atom stereocenters. The molecule has 3 heterocycles. The number of fused-ring (bicyclic) bond motifs is 7. The van der Waals surface area contributed by atoms with Crippen LogP contribution in [-0.4, -0.2) is 32.7 Å². The molecule has 1 aliphatic heterocycles. The molecular weight excluding hydrogens is 587 g/mol. The molecule has 10 rings (SSSR count). The van der Waals surface area contributed by atoms with E-state index in [9.17, 15) is 0 Å². The van der Waals surface area contributed by atoms with Crippen molar-refractivity contribution in [3.8, 4) is 39.3 Å². The van der Waals surface area contributed by atoms with Crippen molar-refractivity contribution < 1.29 is 0 Å². The highest BCUT2D eigenvalue weighted by Gasteiger charge is 2.20. The average molecular weight is 620 g/mol. The molecule has 0 radical (unpaired) electrons. The van der Waals surface area contributed by atoms with Crippen molar-refractivity contribution in [1.82, 2.24) is 19.0 Å². The van der Waals surface area contributed by atoms with E-state index in [-0.39, 0.29) is 0 Å². The van der Waals surface area contributed by atoms with Gasteiger partial charge in [-0.1, -0.05) is 84.9 Å². The van der Waals surface area contributed by atoms with Crippen molar-refractivity contribution in [2.24, 2.45) is 7.05 Å². The quantitative estimate of drug-likeness (QED) is 0.196. The minimum Gasteiger partial charge on any atom is -0.361 e. The maximum Gasteiger partial charge on any atom is 0.140 e. The number of para-hydroxylation sites is 1. The predicted molar refractivity (Wildman–Crippen MR) is 198 cm³/mol. The summed E-state index contributed by atoms with van der Waals surface area (Å²) in [6.07, 6.45) is 5.25. The highest BCUT2D eigenvalue weighted by atomic mass is 15.3. The van der Waals surface area contributed by atoms with E-state index >= 15 is 0 Å². The number of anilines is 1. The molecule has 230 valence electrons. The molecule has 0 atom stereocenters. The van der Waals surface area contributed by atoms with Crippen molar-refractivity contribution >= 4 is 38.5 Å². The number of hydrogen-bond donors (Lipinski definition) is 0. The number of hydrogen-bond acceptors (Lipinski definition) is 3. The van der Waals surface area contributed by atoms with Gasteiger partial charge in [-0.2, -0.15) is 0 Å². The minimum absolute atomic E-state index is 0.843. The molecule has 1 aliphatic carbocycles. The summed E-state index contributed by atoms with van der Waals surface area (Å²) in [7, 11) is 4.23. The minimum atomic E-state index is 0.843. The van der Waals surface area contributed by atoms with Gasteiger partial charge in [-0.05, 0) is 82.3 Å². The molecule has 0 saturated carbocycles. The Kier molecular flexibility index (Phi) is 5.76. The number of benzene rings is 6. The first-order chi connectivity index (χ1) is 23.6. The molecule has 0 bridgehead atoms. The topological polar surface area (TPSA) is 29.2 Å². The second-order valence-electron chi connectivity index (χ2n) is 13.2. The largest absolute Gasteiger partial charge is 0.361 e. The number of rotatable bonds is 4. The monoisotopic (exact) mass is 619 g/mol. The summed E-state index contributed by atoms with van der Waals surface area (Å²) in [6, 6.07) is 46.7. The standard InChI is InChI=1S/C43H33N5/c1-45-20-21-47(27-45)33-9-7-10-34(26-33)48-40-13-6-5-12-37(40)38-18-15-31(25-42(38)48)43-44-39-24-29(16-19-41(39)46(43)2)28-14-17-36-32(22-28)23-30-8-3-4-11-35(30)36/h3-22,24-26H,23,27H2,1-2H3. The molecule has 0 fully saturated rings. The Morgan fingerprint density at radius 2 is 1.31 bits per heavy atom. The van der Waals surface area contributed by atoms with Crippen LogP contribution in [0.4, 0.5) is 5.69 Å². The molecule has 8 aromatic rings. The molecule has 2 aliphatic rings. The fraction of sp³-hybridized carbons (Fsp3) is 0.0930. The van der Waals surface area contributed by atoms with Crippen molar-refractivity contribution in [3.63, 3.8) is 0 Å². The zero-order valence-electron chi connectivity index (χ0n) is 26.9. The third-order valence-electron chi connectivity index (χ3n) is 10.2. The van der Waals surface area contributed by atoms with E-state index in [0.29, 0.717) is 0 Å². The molecule has 5 nitrogen and oxygen atoms in total. The summed E-state index contributed by atoms with van der Waals surface area (Å²) in [5.74, 6) is 0.962. The first kappa shape index (κ1) is 27.1. The average Bonchev–Trinajstić information content (AvgIpc) is 3.89. The summed E-state index contributed by atoms with van der Waals surface area (Å²) in [5, 5.41) is 2.48. The van der Waals surface area contributed by atoms with E-state index in [2.05, 4.69) is 173 Å². The lowest BCUT2D eigenvalue weighted by molar-refractivity contribution is 0.496. The van der Waals surface area contributed by atoms with E-state index in [0.717, 1.165) is 41.2 Å². The zero-order valence-corrected chi connectivity index (χ0v) is 26.9. The lowest BCUT2D eigenvalue weighted by Gasteiger charge is -2.19. The van der Waals surface area contributed by atoms with E-state index in [1.807, 2.05) is 0 Å². The van der Waals surface area contributed by atoms with E-state index in [1.165, 1.54) is 60.9 Å². The summed E-state index contributed by atoms with van der Waals surface area (Å²) >= 11 is 0. The Hall–Kier alpha value is -6.07. The van der Waals surface area contributed by atoms with Crippen LogP contribution >= 0.6 is 0 Å². The van der Waals surface area contributed by atoms with Crippen molar-refractivity contribution in [2.45, 2.75) is 6.42 Å². The molecule has 0 spiro atoms. The highest BCUT2D eigenvalue weighted by Crippen LogP contribution is 2.40. The maximum absolute atomic E-state index is 5.24. The predicted octanol–water partition coefficient (Wildman–Crippen LogP) is 9.76. The Balaban J connectivity index is 1.07. The summed E-state index contributed by atoms with van der Waals surface area (Å²) in [4.78, 5) is 9.71. The number of aryl methyl sites for hydroxylation is 1. The molecule has 6 aromatic carbocycles. The van der Waals surface area contributed by atoms with Crippen LogP contribution in [0.1, 0.15) is 11.1 Å². The molecular formula is C43H33N5. The van der Waals surface area contributed by atoms with Gasteiger partial charge in [0.25, 0.3) is 0 Å². The normalized spacial score (nSPS) is 13.7. The molecule has 0 saturated heterocycles. The zero-order chi connectivity index (χ0) is 31.9. The van der Waals surface area contributed by atoms with Gasteiger partial charge in [0, 0.05) is 54.2 Å². The van der Waals surface area contributed by atoms with Gasteiger partial charge in [0.2, 0.25) is 0 Å². The highest BCUT2D eigenvalue weighted by molar-refractivity contribution is 6.10. The third kappa shape index (κ3) is 4.07. The van der Waals surface area contributed by atoms with Gasteiger partial charge in [0.15, 0.2) is 0 Å². The van der Waals surface area contributed by atoms with Gasteiger partial charge in [-0.3, -0.25) is 0 Å². The van der Waals surface area contributed by atoms with Gasteiger partial charge >= 0.3 is 0 Å². The number of imidazole rings is 1. The van der Waals surface area contributed by atoms with Crippen LogP contribution in [0.2, 0.25) is 0 Å². The summed E-state index contributed by atoms with van der Waals surface area (Å²) in [5.41, 5.74) is 15.9. The van der Waals surface area contributed by atoms with Crippen LogP contribution in [0, 0.1) is 0 Å². The van der Waals surface area contributed by atoms with Gasteiger partial charge < -0.3 is 18.9 Å². The van der Waals surface area contributed by atoms with Crippen molar-refractivity contribution in [3.05, 3.63) is 151 Å². The molecule has 0 N–H and O–H groups in total. The van der Waals surface area contributed by atoms with Gasteiger partial charge in [-0.25, -0.2) is 4.98 Å². The Bertz CT molecular complexity index is 2620. The Labute approximate surface area is 279 Å². The summed E-state index contributed by atoms with van der Waals surface area (Å²) < 4.78 is 4.62. The lowest BCUT2D eigenvalue weighted by atomic mass is 9.99. The van der Waals surface area contributed by atoms with Crippen LogP contribution in [0.25, 0.3) is 72.2 Å². The van der Waals surface area contributed by atoms with Gasteiger partial charge in [0.05, 0.1) is 28.7 Å². The van der Waals surface area contributed by atoms with Crippen LogP contribution in [0.5, 0.6) is 0 Å². The fourth-order valence-electron chi connectivity index (χ4n) is 7.86. The van der Waals surface area contributed by atoms with Crippen molar-refractivity contribution in [2.75, 3.05) is 18.6 Å². The van der Waals surface area contributed by atoms with Gasteiger partial charge in [-0.15, -0.1) is 0 Å². The van der Waals surface area contributed by atoms with E-state index in [1.54, 1.807) is 0 Å². The van der Waals surface area contributed by atoms with Crippen LogP contribution in [0.3, 0.4) is 0 Å². The molecule has 0 amide bonds. The Morgan fingerprint density at radius 3 is 2.23 bits per heavy atom. The number of nitrogens with zero attached hydrogens (tertiary/aromatic N) is 5. The smallest absolute Gasteiger partial charge is 0.140 e. The maximum atomic E-state index is 5.24. The van der Waals surface area contributed by atoms with Crippen LogP contribution in [0.15, 0.2) is 140 Å². The second-order valence-corrected chi connectivity index (χ2v) is 13.2. The van der Waals surface area contributed by atoms with Gasteiger partial charge in [0.1, 0.15) is 5.82 Å². The van der Waals surface area contributed by atoms with Crippen LogP contribution < -0.4 is 4.90 Å². The van der Waals surface area contributed by atoms with Crippen LogP contribution in [-0.2, 0) is 13.5 Å².